The zero-order chi connectivity index (χ0) is 15.4. The average molecular weight is 321 g/mol. The molecule has 0 amide bonds. The summed E-state index contributed by atoms with van der Waals surface area (Å²) in [5.41, 5.74) is 2.86. The van der Waals surface area contributed by atoms with Crippen LogP contribution in [0.1, 0.15) is 30.7 Å². The van der Waals surface area contributed by atoms with Crippen LogP contribution in [0, 0.1) is 11.3 Å². The summed E-state index contributed by atoms with van der Waals surface area (Å²) in [4.78, 5) is 0. The highest BCUT2D eigenvalue weighted by Crippen LogP contribution is 2.32. The van der Waals surface area contributed by atoms with E-state index in [2.05, 4.69) is 21.6 Å². The Bertz CT molecular complexity index is 708. The van der Waals surface area contributed by atoms with Gasteiger partial charge in [0.1, 0.15) is 11.6 Å². The maximum atomic E-state index is 9.44. The predicted octanol–water partition coefficient (Wildman–Crippen LogP) is 4.52. The molecule has 1 heterocycles. The number of nitrogens with one attached hydrogen (secondary N) is 1. The molecular formula is C15H14Cl2N4. The first-order valence-corrected chi connectivity index (χ1v) is 7.37. The lowest BCUT2D eigenvalue weighted by Gasteiger charge is -2.13. The Kier molecular flexibility index (Phi) is 5.00. The van der Waals surface area contributed by atoms with Gasteiger partial charge in [-0.2, -0.15) is 10.4 Å². The lowest BCUT2D eigenvalue weighted by atomic mass is 10.0. The van der Waals surface area contributed by atoms with E-state index in [1.54, 1.807) is 18.2 Å². The second kappa shape index (κ2) is 6.75. The van der Waals surface area contributed by atoms with Crippen molar-refractivity contribution in [1.82, 2.24) is 10.2 Å². The van der Waals surface area contributed by atoms with E-state index in [1.807, 2.05) is 13.8 Å². The highest BCUT2D eigenvalue weighted by molar-refractivity contribution is 6.43. The minimum atomic E-state index is 0.391. The van der Waals surface area contributed by atoms with Crippen molar-refractivity contribution in [2.45, 2.75) is 26.7 Å². The van der Waals surface area contributed by atoms with Gasteiger partial charge in [0.05, 0.1) is 21.4 Å². The smallest absolute Gasteiger partial charge is 0.171 e. The molecule has 0 saturated heterocycles. The Balaban J connectivity index is 2.50. The molecule has 0 aliphatic rings. The lowest BCUT2D eigenvalue weighted by Crippen LogP contribution is -2.07. The summed E-state index contributed by atoms with van der Waals surface area (Å²) in [6, 6.07) is 7.45. The Hall–Kier alpha value is -1.83. The molecule has 0 bridgehead atoms. The molecule has 0 unspecified atom stereocenters. The molecule has 0 aliphatic carbocycles. The van der Waals surface area contributed by atoms with Crippen LogP contribution in [0.15, 0.2) is 18.2 Å². The zero-order valence-electron chi connectivity index (χ0n) is 11.7. The van der Waals surface area contributed by atoms with E-state index in [0.29, 0.717) is 27.1 Å². The van der Waals surface area contributed by atoms with Gasteiger partial charge in [-0.15, -0.1) is 5.10 Å². The molecule has 0 radical (unpaired) electrons. The zero-order valence-corrected chi connectivity index (χ0v) is 13.3. The van der Waals surface area contributed by atoms with Crippen LogP contribution in [0.5, 0.6) is 0 Å². The van der Waals surface area contributed by atoms with Crippen molar-refractivity contribution in [1.29, 1.82) is 5.26 Å². The maximum absolute atomic E-state index is 9.44. The largest absolute Gasteiger partial charge is 0.336 e. The second-order valence-electron chi connectivity index (χ2n) is 4.39. The van der Waals surface area contributed by atoms with Crippen molar-refractivity contribution < 1.29 is 0 Å². The normalized spacial score (nSPS) is 10.2. The minimum absolute atomic E-state index is 0.391. The first-order chi connectivity index (χ1) is 10.1. The number of aromatic nitrogens is 2. The topological polar surface area (TPSA) is 61.6 Å². The van der Waals surface area contributed by atoms with Gasteiger partial charge in [0.2, 0.25) is 0 Å². The fraction of sp³-hybridized carbons (Fsp3) is 0.267. The monoisotopic (exact) mass is 320 g/mol. The molecule has 1 N–H and O–H groups in total. The quantitative estimate of drug-likeness (QED) is 0.899. The standard InChI is InChI=1S/C15H14Cl2N4/c1-3-9-10(8-18)15(21-20-12(9)4-2)19-13-7-5-6-11(16)14(13)17/h5-7H,3-4H2,1-2H3,(H,19,21). The van der Waals surface area contributed by atoms with E-state index >= 15 is 0 Å². The van der Waals surface area contributed by atoms with E-state index in [4.69, 9.17) is 23.2 Å². The molecule has 0 fully saturated rings. The molecule has 6 heteroatoms. The number of halogens is 2. The number of nitrogens with zero attached hydrogens (tertiary/aromatic N) is 3. The molecule has 1 aromatic carbocycles. The van der Waals surface area contributed by atoms with Crippen LogP contribution in [-0.2, 0) is 12.8 Å². The second-order valence-corrected chi connectivity index (χ2v) is 5.18. The van der Waals surface area contributed by atoms with Crippen molar-refractivity contribution in [2.75, 3.05) is 5.32 Å². The summed E-state index contributed by atoms with van der Waals surface area (Å²) in [7, 11) is 0. The Labute approximate surface area is 133 Å². The molecule has 0 aliphatic heterocycles. The van der Waals surface area contributed by atoms with Gasteiger partial charge in [-0.3, -0.25) is 0 Å². The molecule has 2 aromatic rings. The number of anilines is 2. The van der Waals surface area contributed by atoms with Gasteiger partial charge < -0.3 is 5.32 Å². The van der Waals surface area contributed by atoms with E-state index in [1.165, 1.54) is 0 Å². The van der Waals surface area contributed by atoms with Crippen LogP contribution in [0.2, 0.25) is 10.0 Å². The first kappa shape index (κ1) is 15.6. The van der Waals surface area contributed by atoms with Gasteiger partial charge in [0.25, 0.3) is 0 Å². The van der Waals surface area contributed by atoms with Crippen LogP contribution in [0.4, 0.5) is 11.5 Å². The van der Waals surface area contributed by atoms with Crippen LogP contribution in [0.3, 0.4) is 0 Å². The molecule has 0 saturated carbocycles. The molecule has 108 valence electrons. The number of benzene rings is 1. The number of hydrogen-bond acceptors (Lipinski definition) is 4. The minimum Gasteiger partial charge on any atom is -0.336 e. The van der Waals surface area contributed by atoms with Gasteiger partial charge in [-0.25, -0.2) is 0 Å². The SMILES string of the molecule is CCc1nnc(Nc2cccc(Cl)c2Cl)c(C#N)c1CC. The molecule has 1 aromatic heterocycles. The third-order valence-corrected chi connectivity index (χ3v) is 3.98. The summed E-state index contributed by atoms with van der Waals surface area (Å²) in [6.45, 7) is 3.98. The third kappa shape index (κ3) is 3.10. The highest BCUT2D eigenvalue weighted by Gasteiger charge is 2.15. The van der Waals surface area contributed by atoms with E-state index < -0.39 is 0 Å². The predicted molar refractivity (Wildman–Crippen MR) is 85.2 cm³/mol. The summed E-state index contributed by atoms with van der Waals surface area (Å²) >= 11 is 12.1. The van der Waals surface area contributed by atoms with Gasteiger partial charge >= 0.3 is 0 Å². The molecule has 0 atom stereocenters. The lowest BCUT2D eigenvalue weighted by molar-refractivity contribution is 0.877. The van der Waals surface area contributed by atoms with Gasteiger partial charge in [-0.05, 0) is 30.5 Å². The fourth-order valence-electron chi connectivity index (χ4n) is 2.11. The molecule has 0 spiro atoms. The van der Waals surface area contributed by atoms with E-state index in [9.17, 15) is 5.26 Å². The van der Waals surface area contributed by atoms with Crippen LogP contribution in [0.25, 0.3) is 0 Å². The van der Waals surface area contributed by atoms with Crippen molar-refractivity contribution in [3.05, 3.63) is 45.1 Å². The van der Waals surface area contributed by atoms with Crippen molar-refractivity contribution in [3.8, 4) is 6.07 Å². The summed E-state index contributed by atoms with van der Waals surface area (Å²) < 4.78 is 0. The van der Waals surface area contributed by atoms with Crippen molar-refractivity contribution in [3.63, 3.8) is 0 Å². The maximum Gasteiger partial charge on any atom is 0.171 e. The molecular weight excluding hydrogens is 307 g/mol. The number of aryl methyl sites for hydroxylation is 1. The van der Waals surface area contributed by atoms with Gasteiger partial charge in [0, 0.05) is 0 Å². The van der Waals surface area contributed by atoms with E-state index in [-0.39, 0.29) is 0 Å². The Morgan fingerprint density at radius 2 is 1.95 bits per heavy atom. The molecule has 2 rings (SSSR count). The number of rotatable bonds is 4. The van der Waals surface area contributed by atoms with Crippen LogP contribution >= 0.6 is 23.2 Å². The Morgan fingerprint density at radius 3 is 2.57 bits per heavy atom. The van der Waals surface area contributed by atoms with E-state index in [0.717, 1.165) is 24.1 Å². The first-order valence-electron chi connectivity index (χ1n) is 6.61. The summed E-state index contributed by atoms with van der Waals surface area (Å²) in [6.07, 6.45) is 1.46. The van der Waals surface area contributed by atoms with Gasteiger partial charge in [-0.1, -0.05) is 43.1 Å². The number of hydrogen-bond donors (Lipinski definition) is 1. The van der Waals surface area contributed by atoms with Gasteiger partial charge in [0.15, 0.2) is 5.82 Å². The van der Waals surface area contributed by atoms with Crippen molar-refractivity contribution in [2.24, 2.45) is 0 Å². The molecule has 21 heavy (non-hydrogen) atoms. The third-order valence-electron chi connectivity index (χ3n) is 3.16. The fourth-order valence-corrected chi connectivity index (χ4v) is 2.46. The number of nitriles is 1. The highest BCUT2D eigenvalue weighted by atomic mass is 35.5. The summed E-state index contributed by atoms with van der Waals surface area (Å²) in [5, 5.41) is 21.6. The average Bonchev–Trinajstić information content (AvgIpc) is 2.51. The van der Waals surface area contributed by atoms with Crippen LogP contribution in [-0.4, -0.2) is 10.2 Å². The Morgan fingerprint density at radius 1 is 1.19 bits per heavy atom. The van der Waals surface area contributed by atoms with Crippen LogP contribution < -0.4 is 5.32 Å². The summed E-state index contributed by atoms with van der Waals surface area (Å²) in [5.74, 6) is 0.399. The molecule has 4 nitrogen and oxygen atoms in total. The van der Waals surface area contributed by atoms with Crippen molar-refractivity contribution >= 4 is 34.7 Å².